The number of halogens is 5. The molecule has 1 unspecified atom stereocenters. The van der Waals surface area contributed by atoms with E-state index in [1.54, 1.807) is 0 Å². The summed E-state index contributed by atoms with van der Waals surface area (Å²) < 4.78 is 54.6. The molecule has 3 heterocycles. The van der Waals surface area contributed by atoms with Gasteiger partial charge in [0.25, 0.3) is 0 Å². The lowest BCUT2D eigenvalue weighted by atomic mass is 10.0. The van der Waals surface area contributed by atoms with E-state index >= 15 is 0 Å². The van der Waals surface area contributed by atoms with Gasteiger partial charge in [-0.3, -0.25) is 9.38 Å². The number of nitrogens with one attached hydrogen (secondary N) is 1. The smallest absolute Gasteiger partial charge is 0.370 e. The molecule has 0 fully saturated rings. The average molecular weight is 384 g/mol. The highest BCUT2D eigenvalue weighted by atomic mass is 35.5. The van der Waals surface area contributed by atoms with Gasteiger partial charge in [0, 0.05) is 17.6 Å². The van der Waals surface area contributed by atoms with Crippen LogP contribution in [-0.2, 0) is 0 Å². The lowest BCUT2D eigenvalue weighted by Gasteiger charge is -2.21. The molecule has 0 aliphatic rings. The Morgan fingerprint density at radius 2 is 2.00 bits per heavy atom. The maximum Gasteiger partial charge on any atom is 0.398 e. The lowest BCUT2D eigenvalue weighted by molar-refractivity contribution is -0.148. The molecular weight excluding hydrogens is 374 g/mol. The van der Waals surface area contributed by atoms with E-state index < -0.39 is 24.5 Å². The normalized spacial score (nSPS) is 12.8. The van der Waals surface area contributed by atoms with Crippen LogP contribution in [0.4, 0.5) is 23.4 Å². The first kappa shape index (κ1) is 17.9. The maximum atomic E-state index is 13.4. The van der Waals surface area contributed by atoms with Crippen molar-refractivity contribution >= 4 is 23.1 Å². The second kappa shape index (κ2) is 6.80. The zero-order valence-electron chi connectivity index (χ0n) is 12.9. The fourth-order valence-electron chi connectivity index (χ4n) is 2.48. The van der Waals surface area contributed by atoms with Gasteiger partial charge in [0.05, 0.1) is 18.1 Å². The molecular formula is C16H10ClF4N5. The van der Waals surface area contributed by atoms with Crippen LogP contribution in [0.25, 0.3) is 5.65 Å². The molecule has 134 valence electrons. The summed E-state index contributed by atoms with van der Waals surface area (Å²) in [4.78, 5) is 7.52. The molecule has 1 atom stereocenters. The number of anilines is 1. The third-order valence-electron chi connectivity index (χ3n) is 3.68. The standard InChI is InChI=1S/C16H10ClF4N5/c17-9-3-14-24-7-11(5-22)26(14)15(4-9)25-8-12(16(19,20)21)13-2-1-10(18)6-23-13/h1-4,6-7,12,25H,8H2. The Balaban J connectivity index is 1.95. The van der Waals surface area contributed by atoms with Gasteiger partial charge in [-0.05, 0) is 18.2 Å². The number of fused-ring (bicyclic) bond motifs is 1. The number of aromatic nitrogens is 3. The van der Waals surface area contributed by atoms with E-state index in [2.05, 4.69) is 15.3 Å². The van der Waals surface area contributed by atoms with E-state index in [0.717, 1.165) is 18.3 Å². The van der Waals surface area contributed by atoms with Crippen molar-refractivity contribution in [2.45, 2.75) is 12.1 Å². The molecule has 0 saturated heterocycles. The summed E-state index contributed by atoms with van der Waals surface area (Å²) in [5.74, 6) is -2.53. The summed E-state index contributed by atoms with van der Waals surface area (Å²) in [6.45, 7) is -0.583. The van der Waals surface area contributed by atoms with E-state index in [0.29, 0.717) is 5.65 Å². The van der Waals surface area contributed by atoms with Crippen LogP contribution in [-0.4, -0.2) is 27.1 Å². The quantitative estimate of drug-likeness (QED) is 0.687. The predicted molar refractivity (Wildman–Crippen MR) is 86.4 cm³/mol. The monoisotopic (exact) mass is 383 g/mol. The molecule has 0 saturated carbocycles. The Hall–Kier alpha value is -2.86. The van der Waals surface area contributed by atoms with Crippen molar-refractivity contribution in [3.8, 4) is 6.07 Å². The number of imidazole rings is 1. The lowest BCUT2D eigenvalue weighted by Crippen LogP contribution is -2.29. The van der Waals surface area contributed by atoms with E-state index in [9.17, 15) is 17.6 Å². The number of pyridine rings is 2. The first-order chi connectivity index (χ1) is 12.3. The summed E-state index contributed by atoms with van der Waals surface area (Å²) in [5.41, 5.74) is 0.137. The second-order valence-corrected chi connectivity index (χ2v) is 5.82. The molecule has 1 N–H and O–H groups in total. The number of hydrogen-bond donors (Lipinski definition) is 1. The molecule has 0 bridgehead atoms. The third-order valence-corrected chi connectivity index (χ3v) is 3.89. The Labute approximate surface area is 149 Å². The molecule has 26 heavy (non-hydrogen) atoms. The summed E-state index contributed by atoms with van der Waals surface area (Å²) in [7, 11) is 0. The second-order valence-electron chi connectivity index (χ2n) is 5.38. The van der Waals surface area contributed by atoms with E-state index in [1.165, 1.54) is 22.7 Å². The summed E-state index contributed by atoms with van der Waals surface area (Å²) in [6, 6.07) is 6.69. The van der Waals surface area contributed by atoms with Gasteiger partial charge in [-0.15, -0.1) is 0 Å². The minimum atomic E-state index is -4.61. The number of rotatable bonds is 4. The largest absolute Gasteiger partial charge is 0.398 e. The zero-order valence-corrected chi connectivity index (χ0v) is 13.7. The Bertz CT molecular complexity index is 975. The van der Waals surface area contributed by atoms with Crippen molar-refractivity contribution in [2.24, 2.45) is 0 Å². The van der Waals surface area contributed by atoms with Crippen LogP contribution >= 0.6 is 11.6 Å². The van der Waals surface area contributed by atoms with E-state index in [-0.39, 0.29) is 22.2 Å². The maximum absolute atomic E-state index is 13.4. The van der Waals surface area contributed by atoms with Gasteiger partial charge in [0.15, 0.2) is 0 Å². The van der Waals surface area contributed by atoms with Crippen molar-refractivity contribution in [1.29, 1.82) is 5.26 Å². The molecule has 0 aliphatic carbocycles. The fourth-order valence-corrected chi connectivity index (χ4v) is 2.68. The van der Waals surface area contributed by atoms with Gasteiger partial charge in [-0.25, -0.2) is 9.37 Å². The molecule has 0 spiro atoms. The van der Waals surface area contributed by atoms with Crippen LogP contribution in [0.15, 0.2) is 36.7 Å². The molecule has 3 aromatic rings. The van der Waals surface area contributed by atoms with Gasteiger partial charge in [-0.2, -0.15) is 18.4 Å². The summed E-state index contributed by atoms with van der Waals surface area (Å²) in [5, 5.41) is 12.0. The van der Waals surface area contributed by atoms with Crippen molar-refractivity contribution in [3.05, 3.63) is 58.9 Å². The van der Waals surface area contributed by atoms with Crippen molar-refractivity contribution in [1.82, 2.24) is 14.4 Å². The SMILES string of the molecule is N#Cc1cnc2cc(Cl)cc(NCC(c3ccc(F)cn3)C(F)(F)F)n12. The number of alkyl halides is 3. The molecule has 3 aromatic heterocycles. The van der Waals surface area contributed by atoms with E-state index in [4.69, 9.17) is 16.9 Å². The molecule has 0 aromatic carbocycles. The zero-order chi connectivity index (χ0) is 18.9. The molecule has 0 amide bonds. The number of nitrogens with zero attached hydrogens (tertiary/aromatic N) is 4. The third kappa shape index (κ3) is 3.55. The van der Waals surface area contributed by atoms with Crippen LogP contribution in [0.2, 0.25) is 5.02 Å². The van der Waals surface area contributed by atoms with Gasteiger partial charge in [0.1, 0.15) is 35.0 Å². The van der Waals surface area contributed by atoms with Crippen molar-refractivity contribution < 1.29 is 17.6 Å². The van der Waals surface area contributed by atoms with Crippen LogP contribution in [0, 0.1) is 17.1 Å². The fraction of sp³-hybridized carbons (Fsp3) is 0.188. The molecule has 0 radical (unpaired) electrons. The summed E-state index contributed by atoms with van der Waals surface area (Å²) >= 11 is 5.96. The van der Waals surface area contributed by atoms with Gasteiger partial charge >= 0.3 is 6.18 Å². The first-order valence-corrected chi connectivity index (χ1v) is 7.66. The van der Waals surface area contributed by atoms with Crippen LogP contribution in [0.5, 0.6) is 0 Å². The Kier molecular flexibility index (Phi) is 4.70. The van der Waals surface area contributed by atoms with Crippen molar-refractivity contribution in [2.75, 3.05) is 11.9 Å². The van der Waals surface area contributed by atoms with Crippen molar-refractivity contribution in [3.63, 3.8) is 0 Å². The van der Waals surface area contributed by atoms with Crippen LogP contribution < -0.4 is 5.32 Å². The Morgan fingerprint density at radius 1 is 1.23 bits per heavy atom. The number of hydrogen-bond acceptors (Lipinski definition) is 4. The Morgan fingerprint density at radius 3 is 2.62 bits per heavy atom. The van der Waals surface area contributed by atoms with E-state index in [1.807, 2.05) is 6.07 Å². The van der Waals surface area contributed by atoms with Gasteiger partial charge in [0.2, 0.25) is 0 Å². The van der Waals surface area contributed by atoms with Gasteiger partial charge < -0.3 is 5.32 Å². The molecule has 5 nitrogen and oxygen atoms in total. The molecule has 10 heteroatoms. The minimum Gasteiger partial charge on any atom is -0.370 e. The average Bonchev–Trinajstić information content (AvgIpc) is 2.98. The highest BCUT2D eigenvalue weighted by Crippen LogP contribution is 2.34. The topological polar surface area (TPSA) is 66.0 Å². The molecule has 3 rings (SSSR count). The molecule has 0 aliphatic heterocycles. The predicted octanol–water partition coefficient (Wildman–Crippen LogP) is 4.15. The van der Waals surface area contributed by atoms with Gasteiger partial charge in [-0.1, -0.05) is 11.6 Å². The van der Waals surface area contributed by atoms with Crippen LogP contribution in [0.1, 0.15) is 17.3 Å². The highest BCUT2D eigenvalue weighted by molar-refractivity contribution is 6.31. The summed E-state index contributed by atoms with van der Waals surface area (Å²) in [6.07, 6.45) is -2.59. The van der Waals surface area contributed by atoms with Crippen LogP contribution in [0.3, 0.4) is 0 Å². The minimum absolute atomic E-state index is 0.141. The highest BCUT2D eigenvalue weighted by Gasteiger charge is 2.41. The first-order valence-electron chi connectivity index (χ1n) is 7.28. The number of nitriles is 1.